The van der Waals surface area contributed by atoms with Gasteiger partial charge >= 0.3 is 0 Å². The second kappa shape index (κ2) is 7.98. The van der Waals surface area contributed by atoms with Crippen LogP contribution in [0.3, 0.4) is 0 Å². The minimum absolute atomic E-state index is 0.0602. The highest BCUT2D eigenvalue weighted by Crippen LogP contribution is 2.18. The Balaban J connectivity index is 1.31. The summed E-state index contributed by atoms with van der Waals surface area (Å²) in [7, 11) is 0. The number of ether oxygens (including phenoxy) is 1. The number of benzene rings is 1. The number of nitrogens with zero attached hydrogens (tertiary/aromatic N) is 2. The number of pyridine rings is 1. The van der Waals surface area contributed by atoms with Crippen LogP contribution >= 0.6 is 0 Å². The molecule has 0 aliphatic carbocycles. The van der Waals surface area contributed by atoms with Crippen molar-refractivity contribution in [3.8, 4) is 0 Å². The van der Waals surface area contributed by atoms with E-state index in [0.717, 1.165) is 61.9 Å². The van der Waals surface area contributed by atoms with Crippen molar-refractivity contribution in [2.24, 2.45) is 0 Å². The van der Waals surface area contributed by atoms with E-state index >= 15 is 0 Å². The van der Waals surface area contributed by atoms with Gasteiger partial charge in [0.05, 0.1) is 24.8 Å². The molecule has 0 bridgehead atoms. The molecule has 2 saturated heterocycles. The monoisotopic (exact) mass is 365 g/mol. The van der Waals surface area contributed by atoms with E-state index in [1.165, 1.54) is 0 Å². The zero-order valence-corrected chi connectivity index (χ0v) is 15.1. The van der Waals surface area contributed by atoms with E-state index in [0.29, 0.717) is 11.7 Å². The lowest BCUT2D eigenvalue weighted by Gasteiger charge is -2.41. The van der Waals surface area contributed by atoms with E-state index in [1.807, 2.05) is 30.3 Å². The summed E-state index contributed by atoms with van der Waals surface area (Å²) >= 11 is 0. The zero-order valence-electron chi connectivity index (χ0n) is 15.1. The van der Waals surface area contributed by atoms with Crippen LogP contribution in [0, 0.1) is 0 Å². The Labute approximate surface area is 158 Å². The Morgan fingerprint density at radius 3 is 2.70 bits per heavy atom. The molecule has 1 aromatic carbocycles. The molecule has 0 saturated carbocycles. The maximum atomic E-state index is 12.2. The molecule has 2 fully saturated rings. The molecular formula is C21H23N3O3. The van der Waals surface area contributed by atoms with E-state index in [4.69, 9.17) is 4.74 Å². The number of nitrogens with one attached hydrogen (secondary N) is 1. The van der Waals surface area contributed by atoms with E-state index in [2.05, 4.69) is 15.2 Å². The van der Waals surface area contributed by atoms with Crippen molar-refractivity contribution in [2.75, 3.05) is 26.3 Å². The van der Waals surface area contributed by atoms with Crippen LogP contribution in [-0.2, 0) is 9.53 Å². The van der Waals surface area contributed by atoms with Gasteiger partial charge in [-0.05, 0) is 42.7 Å². The fraction of sp³-hybridized carbons (Fsp3) is 0.381. The maximum Gasteiger partial charge on any atom is 0.244 e. The summed E-state index contributed by atoms with van der Waals surface area (Å²) in [4.78, 5) is 29.7. The fourth-order valence-corrected chi connectivity index (χ4v) is 3.59. The summed E-state index contributed by atoms with van der Waals surface area (Å²) in [6.07, 6.45) is 6.10. The molecule has 3 heterocycles. The second-order valence-corrected chi connectivity index (χ2v) is 7.15. The smallest absolute Gasteiger partial charge is 0.244 e. The second-order valence-electron chi connectivity index (χ2n) is 7.15. The minimum Gasteiger partial charge on any atom is -0.378 e. The van der Waals surface area contributed by atoms with E-state index < -0.39 is 0 Å². The van der Waals surface area contributed by atoms with Crippen molar-refractivity contribution >= 4 is 29.2 Å². The molecule has 2 aliphatic heterocycles. The molecule has 27 heavy (non-hydrogen) atoms. The number of piperidine rings is 1. The van der Waals surface area contributed by atoms with Crippen molar-refractivity contribution in [1.29, 1.82) is 0 Å². The number of rotatable bonds is 5. The van der Waals surface area contributed by atoms with Crippen molar-refractivity contribution in [2.45, 2.75) is 24.9 Å². The SMILES string of the molecule is O=Cc1ccc2cc(/C=C/C(=O)NC3CCN(C4COC4)CC3)ccc2n1. The van der Waals surface area contributed by atoms with Crippen LogP contribution < -0.4 is 5.32 Å². The molecule has 2 aromatic rings. The highest BCUT2D eigenvalue weighted by atomic mass is 16.5. The van der Waals surface area contributed by atoms with Gasteiger partial charge in [0.25, 0.3) is 0 Å². The van der Waals surface area contributed by atoms with Gasteiger partial charge in [-0.2, -0.15) is 0 Å². The van der Waals surface area contributed by atoms with Crippen LogP contribution in [-0.4, -0.2) is 60.5 Å². The molecule has 0 unspecified atom stereocenters. The molecule has 1 N–H and O–H groups in total. The number of aldehydes is 1. The van der Waals surface area contributed by atoms with Crippen molar-refractivity contribution in [3.63, 3.8) is 0 Å². The summed E-state index contributed by atoms with van der Waals surface area (Å²) in [5.74, 6) is -0.0602. The van der Waals surface area contributed by atoms with Gasteiger partial charge in [-0.3, -0.25) is 14.5 Å². The number of fused-ring (bicyclic) bond motifs is 1. The quantitative estimate of drug-likeness (QED) is 0.649. The predicted molar refractivity (Wildman–Crippen MR) is 104 cm³/mol. The topological polar surface area (TPSA) is 71.5 Å². The molecule has 6 heteroatoms. The Kier molecular flexibility index (Phi) is 5.27. The van der Waals surface area contributed by atoms with Crippen molar-refractivity contribution < 1.29 is 14.3 Å². The predicted octanol–water partition coefficient (Wildman–Crippen LogP) is 2.04. The molecule has 140 valence electrons. The minimum atomic E-state index is -0.0602. The summed E-state index contributed by atoms with van der Waals surface area (Å²) in [6.45, 7) is 3.72. The molecule has 0 spiro atoms. The Morgan fingerprint density at radius 2 is 2.00 bits per heavy atom. The Morgan fingerprint density at radius 1 is 1.19 bits per heavy atom. The maximum absolute atomic E-state index is 12.2. The third kappa shape index (κ3) is 4.23. The largest absolute Gasteiger partial charge is 0.378 e. The Bertz CT molecular complexity index is 868. The number of likely N-dealkylation sites (tertiary alicyclic amines) is 1. The van der Waals surface area contributed by atoms with Crippen LogP contribution in [0.1, 0.15) is 28.9 Å². The fourth-order valence-electron chi connectivity index (χ4n) is 3.59. The third-order valence-electron chi connectivity index (χ3n) is 5.30. The van der Waals surface area contributed by atoms with Gasteiger partial charge in [-0.1, -0.05) is 12.1 Å². The highest BCUT2D eigenvalue weighted by Gasteiger charge is 2.29. The first-order valence-corrected chi connectivity index (χ1v) is 9.37. The van der Waals surface area contributed by atoms with E-state index in [1.54, 1.807) is 12.1 Å². The molecule has 4 rings (SSSR count). The first kappa shape index (κ1) is 17.8. The molecule has 1 amide bonds. The molecule has 0 radical (unpaired) electrons. The number of amides is 1. The van der Waals surface area contributed by atoms with Gasteiger partial charge in [0.1, 0.15) is 5.69 Å². The van der Waals surface area contributed by atoms with Gasteiger partial charge in [0, 0.05) is 30.6 Å². The standard InChI is InChI=1S/C21H23N3O3/c25-12-18-4-3-16-11-15(1-5-20(16)22-18)2-6-21(26)23-17-7-9-24(10-8-17)19-13-27-14-19/h1-6,11-12,17,19H,7-10,13-14H2,(H,23,26)/b6-2+. The Hall–Kier alpha value is -2.57. The number of aromatic nitrogens is 1. The molecule has 1 aromatic heterocycles. The third-order valence-corrected chi connectivity index (χ3v) is 5.30. The molecule has 0 atom stereocenters. The lowest BCUT2D eigenvalue weighted by Crippen LogP contribution is -2.54. The molecule has 2 aliphatic rings. The van der Waals surface area contributed by atoms with Gasteiger partial charge < -0.3 is 10.1 Å². The summed E-state index contributed by atoms with van der Waals surface area (Å²) in [6, 6.07) is 10.1. The van der Waals surface area contributed by atoms with Gasteiger partial charge in [-0.15, -0.1) is 0 Å². The molecular weight excluding hydrogens is 342 g/mol. The van der Waals surface area contributed by atoms with Crippen molar-refractivity contribution in [1.82, 2.24) is 15.2 Å². The lowest BCUT2D eigenvalue weighted by atomic mass is 10.0. The molecule has 6 nitrogen and oxygen atoms in total. The van der Waals surface area contributed by atoms with E-state index in [-0.39, 0.29) is 11.9 Å². The number of hydrogen-bond acceptors (Lipinski definition) is 5. The number of carbonyl (C=O) groups is 2. The normalized spacial score (nSPS) is 19.3. The average Bonchev–Trinajstić information content (AvgIpc) is 2.66. The lowest BCUT2D eigenvalue weighted by molar-refractivity contribution is -0.117. The average molecular weight is 365 g/mol. The first-order valence-electron chi connectivity index (χ1n) is 9.37. The highest BCUT2D eigenvalue weighted by molar-refractivity contribution is 5.93. The number of hydrogen-bond donors (Lipinski definition) is 1. The van der Waals surface area contributed by atoms with Crippen LogP contribution in [0.25, 0.3) is 17.0 Å². The van der Waals surface area contributed by atoms with Gasteiger partial charge in [0.2, 0.25) is 5.91 Å². The first-order chi connectivity index (χ1) is 13.2. The summed E-state index contributed by atoms with van der Waals surface area (Å²) in [5, 5.41) is 4.04. The van der Waals surface area contributed by atoms with Gasteiger partial charge in [-0.25, -0.2) is 4.98 Å². The summed E-state index contributed by atoms with van der Waals surface area (Å²) < 4.78 is 5.25. The number of carbonyl (C=O) groups excluding carboxylic acids is 2. The van der Waals surface area contributed by atoms with Crippen LogP contribution in [0.5, 0.6) is 0 Å². The zero-order chi connectivity index (χ0) is 18.6. The van der Waals surface area contributed by atoms with Crippen LogP contribution in [0.15, 0.2) is 36.4 Å². The van der Waals surface area contributed by atoms with Crippen LogP contribution in [0.4, 0.5) is 0 Å². The van der Waals surface area contributed by atoms with E-state index in [9.17, 15) is 9.59 Å². The summed E-state index contributed by atoms with van der Waals surface area (Å²) in [5.41, 5.74) is 2.11. The van der Waals surface area contributed by atoms with Crippen LogP contribution in [0.2, 0.25) is 0 Å². The van der Waals surface area contributed by atoms with Gasteiger partial charge in [0.15, 0.2) is 6.29 Å². The van der Waals surface area contributed by atoms with Crippen molar-refractivity contribution in [3.05, 3.63) is 47.7 Å².